The maximum absolute atomic E-state index is 7.10. The van der Waals surface area contributed by atoms with Crippen LogP contribution in [0.5, 0.6) is 0 Å². The number of benzene rings is 1. The molecular formula is C10H10ClN5S. The molecule has 7 heteroatoms. The van der Waals surface area contributed by atoms with E-state index in [-0.39, 0.29) is 5.96 Å². The van der Waals surface area contributed by atoms with E-state index in [9.17, 15) is 0 Å². The van der Waals surface area contributed by atoms with Gasteiger partial charge in [-0.2, -0.15) is 0 Å². The molecule has 5 nitrogen and oxygen atoms in total. The molecule has 88 valence electrons. The monoisotopic (exact) mass is 267 g/mol. The SMILES string of the molecule is N=C(N)Nc1nc(-c2ccc(Cl)c(N)c2)cs1. The molecule has 0 unspecified atom stereocenters. The van der Waals surface area contributed by atoms with Gasteiger partial charge in [-0.25, -0.2) is 4.98 Å². The smallest absolute Gasteiger partial charge is 0.192 e. The third-order valence-corrected chi connectivity index (χ3v) is 3.14. The fourth-order valence-corrected chi connectivity index (χ4v) is 2.13. The molecular weight excluding hydrogens is 258 g/mol. The number of nitrogens with zero attached hydrogens (tertiary/aromatic N) is 1. The maximum Gasteiger partial charge on any atom is 0.192 e. The average molecular weight is 268 g/mol. The van der Waals surface area contributed by atoms with Crippen LogP contribution in [0, 0.1) is 5.41 Å². The van der Waals surface area contributed by atoms with Crippen LogP contribution in [0.4, 0.5) is 10.8 Å². The van der Waals surface area contributed by atoms with Crippen LogP contribution in [0.3, 0.4) is 0 Å². The second kappa shape index (κ2) is 4.60. The first-order valence-corrected chi connectivity index (χ1v) is 5.94. The van der Waals surface area contributed by atoms with Gasteiger partial charge in [0.05, 0.1) is 16.4 Å². The van der Waals surface area contributed by atoms with Gasteiger partial charge >= 0.3 is 0 Å². The Labute approximate surface area is 107 Å². The summed E-state index contributed by atoms with van der Waals surface area (Å²) in [4.78, 5) is 4.28. The van der Waals surface area contributed by atoms with E-state index in [1.54, 1.807) is 12.1 Å². The molecule has 0 atom stereocenters. The summed E-state index contributed by atoms with van der Waals surface area (Å²) in [5, 5.41) is 12.7. The maximum atomic E-state index is 7.10. The topological polar surface area (TPSA) is 101 Å². The lowest BCUT2D eigenvalue weighted by Crippen LogP contribution is -2.20. The minimum atomic E-state index is -0.137. The highest BCUT2D eigenvalue weighted by Crippen LogP contribution is 2.29. The van der Waals surface area contributed by atoms with Crippen LogP contribution in [0.25, 0.3) is 11.3 Å². The molecule has 0 aliphatic rings. The number of nitrogens with one attached hydrogen (secondary N) is 2. The van der Waals surface area contributed by atoms with Gasteiger partial charge in [-0.1, -0.05) is 17.7 Å². The molecule has 1 aromatic heterocycles. The fourth-order valence-electron chi connectivity index (χ4n) is 1.28. The molecule has 1 aromatic carbocycles. The van der Waals surface area contributed by atoms with Crippen LogP contribution >= 0.6 is 22.9 Å². The molecule has 2 aromatic rings. The Morgan fingerprint density at radius 3 is 2.88 bits per heavy atom. The van der Waals surface area contributed by atoms with Crippen molar-refractivity contribution in [2.45, 2.75) is 0 Å². The van der Waals surface area contributed by atoms with Crippen LogP contribution in [0.1, 0.15) is 0 Å². The zero-order valence-electron chi connectivity index (χ0n) is 8.70. The predicted molar refractivity (Wildman–Crippen MR) is 72.5 cm³/mol. The number of aromatic nitrogens is 1. The summed E-state index contributed by atoms with van der Waals surface area (Å²) in [5.74, 6) is -0.137. The zero-order chi connectivity index (χ0) is 12.4. The van der Waals surface area contributed by atoms with E-state index in [4.69, 9.17) is 28.5 Å². The highest BCUT2D eigenvalue weighted by Gasteiger charge is 2.06. The number of hydrogen-bond donors (Lipinski definition) is 4. The number of hydrogen-bond acceptors (Lipinski definition) is 4. The third kappa shape index (κ3) is 2.66. The molecule has 0 bridgehead atoms. The first-order valence-electron chi connectivity index (χ1n) is 4.68. The van der Waals surface area contributed by atoms with Gasteiger partial charge in [0.25, 0.3) is 0 Å². The lowest BCUT2D eigenvalue weighted by molar-refractivity contribution is 1.36. The summed E-state index contributed by atoms with van der Waals surface area (Å²) >= 11 is 7.21. The molecule has 6 N–H and O–H groups in total. The second-order valence-electron chi connectivity index (χ2n) is 3.31. The number of rotatable bonds is 2. The molecule has 0 saturated heterocycles. The van der Waals surface area contributed by atoms with Gasteiger partial charge in [0.2, 0.25) is 0 Å². The summed E-state index contributed by atoms with van der Waals surface area (Å²) in [6.07, 6.45) is 0. The van der Waals surface area contributed by atoms with E-state index >= 15 is 0 Å². The summed E-state index contributed by atoms with van der Waals surface area (Å²) in [7, 11) is 0. The Balaban J connectivity index is 2.30. The summed E-state index contributed by atoms with van der Waals surface area (Å²) in [6, 6.07) is 5.32. The summed E-state index contributed by atoms with van der Waals surface area (Å²) < 4.78 is 0. The lowest BCUT2D eigenvalue weighted by atomic mass is 10.1. The van der Waals surface area contributed by atoms with Crippen molar-refractivity contribution in [1.29, 1.82) is 5.41 Å². The number of guanidine groups is 1. The number of thiazole rings is 1. The molecule has 1 heterocycles. The van der Waals surface area contributed by atoms with Gasteiger partial charge in [-0.15, -0.1) is 11.3 Å². The largest absolute Gasteiger partial charge is 0.398 e. The Morgan fingerprint density at radius 2 is 2.24 bits per heavy atom. The molecule has 0 spiro atoms. The molecule has 0 fully saturated rings. The normalized spacial score (nSPS) is 10.2. The Hall–Kier alpha value is -1.79. The van der Waals surface area contributed by atoms with Crippen LogP contribution in [-0.4, -0.2) is 10.9 Å². The van der Waals surface area contributed by atoms with E-state index in [2.05, 4.69) is 10.3 Å². The quantitative estimate of drug-likeness (QED) is 0.381. The third-order valence-electron chi connectivity index (χ3n) is 2.04. The molecule has 0 amide bonds. The van der Waals surface area contributed by atoms with Crippen molar-refractivity contribution in [3.63, 3.8) is 0 Å². The number of anilines is 2. The van der Waals surface area contributed by atoms with Gasteiger partial charge in [-0.3, -0.25) is 5.41 Å². The highest BCUT2D eigenvalue weighted by molar-refractivity contribution is 7.14. The second-order valence-corrected chi connectivity index (χ2v) is 4.58. The van der Waals surface area contributed by atoms with Gasteiger partial charge < -0.3 is 16.8 Å². The fraction of sp³-hybridized carbons (Fsp3) is 0. The molecule has 0 saturated carbocycles. The van der Waals surface area contributed by atoms with Crippen molar-refractivity contribution in [1.82, 2.24) is 4.98 Å². The van der Waals surface area contributed by atoms with Crippen molar-refractivity contribution in [2.75, 3.05) is 11.1 Å². The molecule has 2 rings (SSSR count). The lowest BCUT2D eigenvalue weighted by Gasteiger charge is -2.01. The molecule has 17 heavy (non-hydrogen) atoms. The number of halogens is 1. The Kier molecular flexibility index (Phi) is 3.16. The van der Waals surface area contributed by atoms with Crippen molar-refractivity contribution in [3.8, 4) is 11.3 Å². The standard InChI is InChI=1S/C10H10ClN5S/c11-6-2-1-5(3-7(6)12)8-4-17-10(15-8)16-9(13)14/h1-4H,12H2,(H4,13,14,15,16). The van der Waals surface area contributed by atoms with E-state index < -0.39 is 0 Å². The summed E-state index contributed by atoms with van der Waals surface area (Å²) in [5.41, 5.74) is 13.1. The Morgan fingerprint density at radius 1 is 1.47 bits per heavy atom. The van der Waals surface area contributed by atoms with Crippen LogP contribution < -0.4 is 16.8 Å². The molecule has 0 radical (unpaired) electrons. The minimum absolute atomic E-state index is 0.137. The first kappa shape index (κ1) is 11.7. The number of nitrogen functional groups attached to an aromatic ring is 1. The number of nitrogens with two attached hydrogens (primary N) is 2. The van der Waals surface area contributed by atoms with E-state index in [0.717, 1.165) is 11.3 Å². The van der Waals surface area contributed by atoms with Crippen molar-refractivity contribution in [3.05, 3.63) is 28.6 Å². The minimum Gasteiger partial charge on any atom is -0.398 e. The van der Waals surface area contributed by atoms with Crippen molar-refractivity contribution >= 4 is 39.7 Å². The van der Waals surface area contributed by atoms with Crippen LogP contribution in [0.2, 0.25) is 5.02 Å². The highest BCUT2D eigenvalue weighted by atomic mass is 35.5. The van der Waals surface area contributed by atoms with Crippen molar-refractivity contribution in [2.24, 2.45) is 5.73 Å². The van der Waals surface area contributed by atoms with Gasteiger partial charge in [0, 0.05) is 10.9 Å². The van der Waals surface area contributed by atoms with Gasteiger partial charge in [0.15, 0.2) is 11.1 Å². The predicted octanol–water partition coefficient (Wildman–Crippen LogP) is 2.35. The average Bonchev–Trinajstić information content (AvgIpc) is 2.69. The Bertz CT molecular complexity index is 566. The van der Waals surface area contributed by atoms with Crippen LogP contribution in [0.15, 0.2) is 23.6 Å². The first-order chi connectivity index (χ1) is 8.06. The summed E-state index contributed by atoms with van der Waals surface area (Å²) in [6.45, 7) is 0. The van der Waals surface area contributed by atoms with E-state index in [1.807, 2.05) is 11.4 Å². The molecule has 0 aliphatic heterocycles. The molecule has 0 aliphatic carbocycles. The zero-order valence-corrected chi connectivity index (χ0v) is 10.3. The van der Waals surface area contributed by atoms with Crippen LogP contribution in [-0.2, 0) is 0 Å². The van der Waals surface area contributed by atoms with E-state index in [1.165, 1.54) is 11.3 Å². The van der Waals surface area contributed by atoms with Crippen molar-refractivity contribution < 1.29 is 0 Å². The van der Waals surface area contributed by atoms with E-state index in [0.29, 0.717) is 15.8 Å². The van der Waals surface area contributed by atoms with Gasteiger partial charge in [-0.05, 0) is 12.1 Å². The van der Waals surface area contributed by atoms with Gasteiger partial charge in [0.1, 0.15) is 0 Å².